The van der Waals surface area contributed by atoms with E-state index >= 15 is 0 Å². The van der Waals surface area contributed by atoms with E-state index in [2.05, 4.69) is 0 Å². The molecule has 3 nitrogen and oxygen atoms in total. The number of benzene rings is 1. The fraction of sp³-hybridized carbons (Fsp3) is 0.500. The number of carboxylic acid groups (broad SMARTS) is 1. The van der Waals surface area contributed by atoms with Gasteiger partial charge in [0, 0.05) is 5.56 Å². The molecule has 1 aliphatic carbocycles. The molecule has 0 bridgehead atoms. The summed E-state index contributed by atoms with van der Waals surface area (Å²) in [6, 6.07) is 7.51. The number of carboxylic acids is 1. The van der Waals surface area contributed by atoms with Crippen LogP contribution < -0.4 is 0 Å². The Hall–Kier alpha value is -1.64. The predicted molar refractivity (Wildman–Crippen MR) is 73.4 cm³/mol. The first-order chi connectivity index (χ1) is 9.09. The van der Waals surface area contributed by atoms with Crippen molar-refractivity contribution in [2.24, 2.45) is 5.92 Å². The Balaban J connectivity index is 2.09. The summed E-state index contributed by atoms with van der Waals surface area (Å²) in [5, 5.41) is 8.85. The molecule has 0 amide bonds. The molecule has 3 heteroatoms. The first-order valence-electron chi connectivity index (χ1n) is 6.96. The van der Waals surface area contributed by atoms with Gasteiger partial charge in [-0.1, -0.05) is 43.5 Å². The van der Waals surface area contributed by atoms with Crippen molar-refractivity contribution in [2.45, 2.75) is 44.9 Å². The van der Waals surface area contributed by atoms with Gasteiger partial charge >= 0.3 is 5.97 Å². The Labute approximate surface area is 113 Å². The van der Waals surface area contributed by atoms with Crippen molar-refractivity contribution in [3.63, 3.8) is 0 Å². The molecule has 1 aliphatic rings. The zero-order chi connectivity index (χ0) is 13.8. The van der Waals surface area contributed by atoms with Crippen LogP contribution in [0.25, 0.3) is 0 Å². The lowest BCUT2D eigenvalue weighted by atomic mass is 9.83. The van der Waals surface area contributed by atoms with Crippen molar-refractivity contribution in [3.8, 4) is 0 Å². The lowest BCUT2D eigenvalue weighted by Gasteiger charge is -2.22. The first-order valence-corrected chi connectivity index (χ1v) is 6.96. The molecule has 0 aliphatic heterocycles. The SMILES string of the molecule is CC(C(=O)O)C(=O)c1ccc(C2CCCCC2)cc1. The smallest absolute Gasteiger partial charge is 0.314 e. The highest BCUT2D eigenvalue weighted by Crippen LogP contribution is 2.32. The van der Waals surface area contributed by atoms with Crippen LogP contribution >= 0.6 is 0 Å². The van der Waals surface area contributed by atoms with Gasteiger partial charge in [-0.25, -0.2) is 0 Å². The summed E-state index contributed by atoms with van der Waals surface area (Å²) in [6.07, 6.45) is 6.32. The molecular formula is C16H20O3. The lowest BCUT2D eigenvalue weighted by molar-refractivity contribution is -0.139. The van der Waals surface area contributed by atoms with Gasteiger partial charge in [-0.3, -0.25) is 9.59 Å². The summed E-state index contributed by atoms with van der Waals surface area (Å²) in [5.41, 5.74) is 1.77. The van der Waals surface area contributed by atoms with Crippen LogP contribution in [0, 0.1) is 5.92 Å². The van der Waals surface area contributed by atoms with Crippen molar-refractivity contribution < 1.29 is 14.7 Å². The molecule has 0 aromatic heterocycles. The first kappa shape index (κ1) is 13.8. The maximum absolute atomic E-state index is 11.9. The zero-order valence-electron chi connectivity index (χ0n) is 11.3. The summed E-state index contributed by atoms with van der Waals surface area (Å²) in [6.45, 7) is 1.43. The zero-order valence-corrected chi connectivity index (χ0v) is 11.3. The summed E-state index contributed by atoms with van der Waals surface area (Å²) in [4.78, 5) is 22.7. The molecule has 1 unspecified atom stereocenters. The van der Waals surface area contributed by atoms with E-state index in [0.717, 1.165) is 0 Å². The van der Waals surface area contributed by atoms with Gasteiger partial charge < -0.3 is 5.11 Å². The normalized spacial score (nSPS) is 17.9. The van der Waals surface area contributed by atoms with E-state index in [9.17, 15) is 9.59 Å². The van der Waals surface area contributed by atoms with Crippen LogP contribution in [0.3, 0.4) is 0 Å². The lowest BCUT2D eigenvalue weighted by Crippen LogP contribution is -2.20. The molecule has 1 aromatic carbocycles. The predicted octanol–water partition coefficient (Wildman–Crippen LogP) is 3.64. The van der Waals surface area contributed by atoms with E-state index in [1.54, 1.807) is 12.1 Å². The highest BCUT2D eigenvalue weighted by atomic mass is 16.4. The molecule has 1 aromatic rings. The van der Waals surface area contributed by atoms with E-state index in [1.165, 1.54) is 44.6 Å². The van der Waals surface area contributed by atoms with Crippen LogP contribution in [0.1, 0.15) is 60.9 Å². The standard InChI is InChI=1S/C16H20O3/c1-11(16(18)19)15(17)14-9-7-13(8-10-14)12-5-3-2-4-6-12/h7-12H,2-6H2,1H3,(H,18,19). The Morgan fingerprint density at radius 1 is 1.11 bits per heavy atom. The van der Waals surface area contributed by atoms with Crippen LogP contribution in [-0.2, 0) is 4.79 Å². The van der Waals surface area contributed by atoms with Crippen LogP contribution in [0.15, 0.2) is 24.3 Å². The second-order valence-electron chi connectivity index (χ2n) is 5.38. The number of Topliss-reactive ketones (excluding diaryl/α,β-unsaturated/α-hetero) is 1. The second kappa shape index (κ2) is 6.00. The van der Waals surface area contributed by atoms with Gasteiger partial charge in [-0.05, 0) is 31.2 Å². The fourth-order valence-corrected chi connectivity index (χ4v) is 2.72. The molecule has 1 N–H and O–H groups in total. The van der Waals surface area contributed by atoms with Crippen molar-refractivity contribution in [1.29, 1.82) is 0 Å². The van der Waals surface area contributed by atoms with Gasteiger partial charge in [-0.15, -0.1) is 0 Å². The van der Waals surface area contributed by atoms with Crippen LogP contribution in [0.5, 0.6) is 0 Å². The molecule has 102 valence electrons. The van der Waals surface area contributed by atoms with E-state index in [0.29, 0.717) is 11.5 Å². The number of hydrogen-bond donors (Lipinski definition) is 1. The number of hydrogen-bond acceptors (Lipinski definition) is 2. The highest BCUT2D eigenvalue weighted by molar-refractivity contribution is 6.07. The fourth-order valence-electron chi connectivity index (χ4n) is 2.72. The van der Waals surface area contributed by atoms with Gasteiger partial charge in [0.2, 0.25) is 0 Å². The molecule has 19 heavy (non-hydrogen) atoms. The van der Waals surface area contributed by atoms with Crippen LogP contribution in [0.2, 0.25) is 0 Å². The van der Waals surface area contributed by atoms with Crippen molar-refractivity contribution in [3.05, 3.63) is 35.4 Å². The molecule has 0 heterocycles. The third-order valence-corrected chi connectivity index (χ3v) is 4.04. The molecule has 0 spiro atoms. The van der Waals surface area contributed by atoms with Gasteiger partial charge in [0.25, 0.3) is 0 Å². The maximum Gasteiger partial charge on any atom is 0.314 e. The van der Waals surface area contributed by atoms with Crippen molar-refractivity contribution >= 4 is 11.8 Å². The molecule has 2 rings (SSSR count). The minimum absolute atomic E-state index is 0.317. The maximum atomic E-state index is 11.9. The number of carbonyl (C=O) groups is 2. The second-order valence-corrected chi connectivity index (χ2v) is 5.38. The summed E-state index contributed by atoms with van der Waals surface area (Å²) in [5.74, 6) is -1.75. The number of ketones is 1. The van der Waals surface area contributed by atoms with E-state index < -0.39 is 11.9 Å². The van der Waals surface area contributed by atoms with E-state index in [1.807, 2.05) is 12.1 Å². The Bertz CT molecular complexity index is 455. The monoisotopic (exact) mass is 260 g/mol. The summed E-state index contributed by atoms with van der Waals surface area (Å²) < 4.78 is 0. The topological polar surface area (TPSA) is 54.4 Å². The van der Waals surface area contributed by atoms with E-state index in [4.69, 9.17) is 5.11 Å². The van der Waals surface area contributed by atoms with E-state index in [-0.39, 0.29) is 5.78 Å². The third kappa shape index (κ3) is 3.22. The third-order valence-electron chi connectivity index (χ3n) is 4.04. The average molecular weight is 260 g/mol. The largest absolute Gasteiger partial charge is 0.481 e. The summed E-state index contributed by atoms with van der Waals surface area (Å²) in [7, 11) is 0. The Morgan fingerprint density at radius 3 is 2.21 bits per heavy atom. The van der Waals surface area contributed by atoms with Gasteiger partial charge in [0.05, 0.1) is 0 Å². The number of aliphatic carboxylic acids is 1. The van der Waals surface area contributed by atoms with Crippen molar-refractivity contribution in [1.82, 2.24) is 0 Å². The van der Waals surface area contributed by atoms with Crippen LogP contribution in [-0.4, -0.2) is 16.9 Å². The Kier molecular flexibility index (Phi) is 4.35. The molecule has 0 radical (unpaired) electrons. The molecule has 1 saturated carbocycles. The van der Waals surface area contributed by atoms with Gasteiger partial charge in [0.1, 0.15) is 5.92 Å². The molecule has 1 atom stereocenters. The molecular weight excluding hydrogens is 240 g/mol. The number of rotatable bonds is 4. The molecule has 1 fully saturated rings. The highest BCUT2D eigenvalue weighted by Gasteiger charge is 2.22. The van der Waals surface area contributed by atoms with Crippen molar-refractivity contribution in [2.75, 3.05) is 0 Å². The minimum Gasteiger partial charge on any atom is -0.481 e. The quantitative estimate of drug-likeness (QED) is 0.664. The van der Waals surface area contributed by atoms with Gasteiger partial charge in [0.15, 0.2) is 5.78 Å². The number of carbonyl (C=O) groups excluding carboxylic acids is 1. The Morgan fingerprint density at radius 2 is 1.68 bits per heavy atom. The molecule has 0 saturated heterocycles. The van der Waals surface area contributed by atoms with Crippen LogP contribution in [0.4, 0.5) is 0 Å². The average Bonchev–Trinajstić information content (AvgIpc) is 2.46. The minimum atomic E-state index is -1.07. The van der Waals surface area contributed by atoms with Gasteiger partial charge in [-0.2, -0.15) is 0 Å². The summed E-state index contributed by atoms with van der Waals surface area (Å²) >= 11 is 0.